The number of nitrogens with zero attached hydrogens (tertiary/aromatic N) is 1. The number of alkyl halides is 2. The molecule has 0 fully saturated rings. The number of anilines is 1. The van der Waals surface area contributed by atoms with Crippen LogP contribution in [0, 0.1) is 0 Å². The monoisotopic (exact) mass is 382 g/mol. The number of aromatic nitrogens is 1. The highest BCUT2D eigenvalue weighted by Crippen LogP contribution is 2.35. The number of benzene rings is 1. The Morgan fingerprint density at radius 3 is 2.41 bits per heavy atom. The zero-order valence-electron chi connectivity index (χ0n) is 14.6. The SMILES string of the molecule is COC(=O)c1cc(OC)c(OC(F)F)cc1NC(=O)c1ccn(C)c(=O)c1. The molecule has 0 aliphatic carbocycles. The number of amides is 1. The van der Waals surface area contributed by atoms with E-state index in [-0.39, 0.29) is 28.3 Å². The average Bonchev–Trinajstić information content (AvgIpc) is 2.63. The van der Waals surface area contributed by atoms with Gasteiger partial charge in [0.15, 0.2) is 11.5 Å². The number of carbonyl (C=O) groups excluding carboxylic acids is 2. The molecule has 0 atom stereocenters. The lowest BCUT2D eigenvalue weighted by Crippen LogP contribution is -2.21. The molecule has 10 heteroatoms. The van der Waals surface area contributed by atoms with Crippen LogP contribution in [0.3, 0.4) is 0 Å². The quantitative estimate of drug-likeness (QED) is 0.768. The summed E-state index contributed by atoms with van der Waals surface area (Å²) in [4.78, 5) is 36.0. The third-order valence-electron chi connectivity index (χ3n) is 3.54. The fourth-order valence-electron chi connectivity index (χ4n) is 2.17. The predicted octanol–water partition coefficient (Wildman–Crippen LogP) is 2.03. The first kappa shape index (κ1) is 19.9. The van der Waals surface area contributed by atoms with Crippen LogP contribution in [0.15, 0.2) is 35.3 Å². The number of esters is 1. The summed E-state index contributed by atoms with van der Waals surface area (Å²) in [7, 11) is 3.83. The molecule has 1 aromatic heterocycles. The second-order valence-electron chi connectivity index (χ2n) is 5.24. The molecular formula is C17H16F2N2O6. The van der Waals surface area contributed by atoms with Crippen molar-refractivity contribution >= 4 is 17.6 Å². The first-order chi connectivity index (χ1) is 12.8. The van der Waals surface area contributed by atoms with Crippen molar-refractivity contribution in [2.75, 3.05) is 19.5 Å². The van der Waals surface area contributed by atoms with E-state index in [1.165, 1.54) is 31.0 Å². The molecule has 0 spiro atoms. The molecule has 1 aromatic carbocycles. The van der Waals surface area contributed by atoms with Crippen molar-refractivity contribution in [3.8, 4) is 11.5 Å². The topological polar surface area (TPSA) is 95.9 Å². The summed E-state index contributed by atoms with van der Waals surface area (Å²) < 4.78 is 40.4. The van der Waals surface area contributed by atoms with Gasteiger partial charge >= 0.3 is 12.6 Å². The molecular weight excluding hydrogens is 366 g/mol. The van der Waals surface area contributed by atoms with Crippen molar-refractivity contribution in [3.05, 3.63) is 51.9 Å². The van der Waals surface area contributed by atoms with Gasteiger partial charge in [0.1, 0.15) is 0 Å². The van der Waals surface area contributed by atoms with Gasteiger partial charge in [-0.05, 0) is 6.07 Å². The van der Waals surface area contributed by atoms with Gasteiger partial charge in [0, 0.05) is 37.0 Å². The zero-order valence-corrected chi connectivity index (χ0v) is 14.6. The Bertz CT molecular complexity index is 926. The standard InChI is InChI=1S/C17H16F2N2O6/c1-21-5-4-9(6-14(21)22)15(23)20-11-8-13(27-17(18)19)12(25-2)7-10(11)16(24)26-3/h4-8,17H,1-3H3,(H,20,23). The fourth-order valence-corrected chi connectivity index (χ4v) is 2.17. The summed E-state index contributed by atoms with van der Waals surface area (Å²) in [6.07, 6.45) is 1.39. The Hall–Kier alpha value is -3.43. The first-order valence-corrected chi connectivity index (χ1v) is 7.50. The maximum Gasteiger partial charge on any atom is 0.387 e. The van der Waals surface area contributed by atoms with Gasteiger partial charge in [0.25, 0.3) is 11.5 Å². The molecule has 8 nitrogen and oxygen atoms in total. The van der Waals surface area contributed by atoms with Crippen molar-refractivity contribution in [1.29, 1.82) is 0 Å². The second-order valence-corrected chi connectivity index (χ2v) is 5.24. The first-order valence-electron chi connectivity index (χ1n) is 7.50. The smallest absolute Gasteiger partial charge is 0.387 e. The third kappa shape index (κ3) is 4.60. The van der Waals surface area contributed by atoms with Crippen molar-refractivity contribution in [3.63, 3.8) is 0 Å². The van der Waals surface area contributed by atoms with Crippen LogP contribution < -0.4 is 20.3 Å². The molecule has 0 radical (unpaired) electrons. The van der Waals surface area contributed by atoms with E-state index in [2.05, 4.69) is 14.8 Å². The van der Waals surface area contributed by atoms with Gasteiger partial charge in [0.05, 0.1) is 25.5 Å². The highest BCUT2D eigenvalue weighted by Gasteiger charge is 2.21. The fraction of sp³-hybridized carbons (Fsp3) is 0.235. The number of carbonyl (C=O) groups is 2. The molecule has 0 aliphatic rings. The number of halogens is 2. The van der Waals surface area contributed by atoms with E-state index in [4.69, 9.17) is 4.74 Å². The molecule has 0 aliphatic heterocycles. The van der Waals surface area contributed by atoms with Crippen LogP contribution in [0.5, 0.6) is 11.5 Å². The van der Waals surface area contributed by atoms with E-state index in [1.54, 1.807) is 0 Å². The number of methoxy groups -OCH3 is 2. The van der Waals surface area contributed by atoms with Gasteiger partial charge in [-0.25, -0.2) is 4.79 Å². The lowest BCUT2D eigenvalue weighted by Gasteiger charge is -2.15. The zero-order chi connectivity index (χ0) is 20.1. The molecule has 1 heterocycles. The van der Waals surface area contributed by atoms with E-state index in [1.807, 2.05) is 0 Å². The molecule has 2 aromatic rings. The molecule has 0 saturated carbocycles. The maximum absolute atomic E-state index is 12.6. The molecule has 0 bridgehead atoms. The van der Waals surface area contributed by atoms with Crippen LogP contribution in [0.1, 0.15) is 20.7 Å². The van der Waals surface area contributed by atoms with Crippen LogP contribution in [-0.4, -0.2) is 37.3 Å². The Balaban J connectivity index is 2.48. The maximum atomic E-state index is 12.6. The van der Waals surface area contributed by atoms with Crippen molar-refractivity contribution < 1.29 is 32.6 Å². The minimum absolute atomic E-state index is 0.0149. The summed E-state index contributed by atoms with van der Waals surface area (Å²) in [6.45, 7) is -3.15. The summed E-state index contributed by atoms with van der Waals surface area (Å²) in [5.74, 6) is -2.11. The number of nitrogens with one attached hydrogen (secondary N) is 1. The van der Waals surface area contributed by atoms with Crippen LogP contribution in [0.25, 0.3) is 0 Å². The Morgan fingerprint density at radius 2 is 1.85 bits per heavy atom. The number of hydrogen-bond acceptors (Lipinski definition) is 6. The summed E-state index contributed by atoms with van der Waals surface area (Å²) in [5, 5.41) is 2.39. The number of ether oxygens (including phenoxy) is 3. The number of hydrogen-bond donors (Lipinski definition) is 1. The summed E-state index contributed by atoms with van der Waals surface area (Å²) in [6, 6.07) is 4.58. The lowest BCUT2D eigenvalue weighted by atomic mass is 10.1. The van der Waals surface area contributed by atoms with Gasteiger partial charge in [0.2, 0.25) is 0 Å². The van der Waals surface area contributed by atoms with Gasteiger partial charge in [-0.15, -0.1) is 0 Å². The van der Waals surface area contributed by atoms with Crippen molar-refractivity contribution in [2.24, 2.45) is 7.05 Å². The summed E-state index contributed by atoms with van der Waals surface area (Å²) in [5.41, 5.74) is -0.703. The molecule has 2 rings (SSSR count). The van der Waals surface area contributed by atoms with E-state index in [9.17, 15) is 23.2 Å². The second kappa shape index (κ2) is 8.30. The Kier molecular flexibility index (Phi) is 6.11. The van der Waals surface area contributed by atoms with E-state index in [0.29, 0.717) is 0 Å². The molecule has 0 saturated heterocycles. The molecule has 1 N–H and O–H groups in total. The van der Waals surface area contributed by atoms with Gasteiger partial charge in [-0.2, -0.15) is 8.78 Å². The van der Waals surface area contributed by atoms with Gasteiger partial charge in [-0.3, -0.25) is 9.59 Å². The minimum Gasteiger partial charge on any atom is -0.493 e. The Morgan fingerprint density at radius 1 is 1.15 bits per heavy atom. The predicted molar refractivity (Wildman–Crippen MR) is 90.6 cm³/mol. The molecule has 1 amide bonds. The normalized spacial score (nSPS) is 10.4. The molecule has 27 heavy (non-hydrogen) atoms. The number of pyridine rings is 1. The van der Waals surface area contributed by atoms with E-state index in [0.717, 1.165) is 25.3 Å². The number of rotatable bonds is 6. The minimum atomic E-state index is -3.15. The molecule has 0 unspecified atom stereocenters. The van der Waals surface area contributed by atoms with Crippen molar-refractivity contribution in [1.82, 2.24) is 4.57 Å². The third-order valence-corrected chi connectivity index (χ3v) is 3.54. The molecule has 144 valence electrons. The average molecular weight is 382 g/mol. The van der Waals surface area contributed by atoms with Gasteiger partial charge in [-0.1, -0.05) is 0 Å². The van der Waals surface area contributed by atoms with Crippen LogP contribution in [0.4, 0.5) is 14.5 Å². The van der Waals surface area contributed by atoms with Crippen LogP contribution in [0.2, 0.25) is 0 Å². The highest BCUT2D eigenvalue weighted by atomic mass is 19.3. The van der Waals surface area contributed by atoms with Crippen LogP contribution in [-0.2, 0) is 11.8 Å². The van der Waals surface area contributed by atoms with E-state index >= 15 is 0 Å². The van der Waals surface area contributed by atoms with E-state index < -0.39 is 24.0 Å². The Labute approximate surface area is 152 Å². The highest BCUT2D eigenvalue weighted by molar-refractivity contribution is 6.08. The van der Waals surface area contributed by atoms with Crippen molar-refractivity contribution in [2.45, 2.75) is 6.61 Å². The number of aryl methyl sites for hydroxylation is 1. The largest absolute Gasteiger partial charge is 0.493 e. The lowest BCUT2D eigenvalue weighted by molar-refractivity contribution is -0.0511. The summed E-state index contributed by atoms with van der Waals surface area (Å²) >= 11 is 0. The van der Waals surface area contributed by atoms with Gasteiger partial charge < -0.3 is 24.1 Å². The van der Waals surface area contributed by atoms with Crippen LogP contribution >= 0.6 is 0 Å².